The van der Waals surface area contributed by atoms with Crippen LogP contribution < -0.4 is 4.90 Å². The molecule has 0 unspecified atom stereocenters. The molecule has 3 aromatic rings. The fourth-order valence-corrected chi connectivity index (χ4v) is 2.74. The van der Waals surface area contributed by atoms with Gasteiger partial charge in [0.15, 0.2) is 5.65 Å². The van der Waals surface area contributed by atoms with E-state index in [1.54, 1.807) is 7.05 Å². The Kier molecular flexibility index (Phi) is 4.24. The van der Waals surface area contributed by atoms with Crippen LogP contribution >= 0.6 is 11.6 Å². The zero-order chi connectivity index (χ0) is 18.4. The van der Waals surface area contributed by atoms with Crippen molar-refractivity contribution in [2.24, 2.45) is 0 Å². The molecule has 0 atom stereocenters. The van der Waals surface area contributed by atoms with E-state index in [1.807, 2.05) is 28.9 Å². The van der Waals surface area contributed by atoms with E-state index in [0.717, 1.165) is 16.6 Å². The van der Waals surface area contributed by atoms with Crippen molar-refractivity contribution in [3.05, 3.63) is 35.6 Å². The molecule has 0 spiro atoms. The lowest BCUT2D eigenvalue weighted by Crippen LogP contribution is -2.25. The van der Waals surface area contributed by atoms with Crippen LogP contribution in [-0.2, 0) is 10.3 Å². The molecule has 0 bridgehead atoms. The summed E-state index contributed by atoms with van der Waals surface area (Å²) in [5.41, 5.74) is 2.04. The van der Waals surface area contributed by atoms with E-state index >= 15 is 0 Å². The van der Waals surface area contributed by atoms with E-state index in [2.05, 4.69) is 30.7 Å². The lowest BCUT2D eigenvalue weighted by Gasteiger charge is -2.20. The molecule has 0 N–H and O–H groups in total. The van der Waals surface area contributed by atoms with Crippen molar-refractivity contribution in [1.29, 1.82) is 0 Å². The molecular weight excluding hydrogens is 338 g/mol. The minimum atomic E-state index is -0.274. The van der Waals surface area contributed by atoms with Gasteiger partial charge in [-0.05, 0) is 32.9 Å². The van der Waals surface area contributed by atoms with E-state index in [9.17, 15) is 4.79 Å². The monoisotopic (exact) mass is 357 g/mol. The van der Waals surface area contributed by atoms with E-state index in [1.165, 1.54) is 18.2 Å². The summed E-state index contributed by atoms with van der Waals surface area (Å²) in [4.78, 5) is 22.2. The van der Waals surface area contributed by atoms with Gasteiger partial charge in [0.25, 0.3) is 0 Å². The number of rotatable bonds is 2. The highest BCUT2D eigenvalue weighted by atomic mass is 35.5. The summed E-state index contributed by atoms with van der Waals surface area (Å²) in [6.45, 7) is 7.68. The molecule has 2 aromatic heterocycles. The predicted octanol–water partition coefficient (Wildman–Crippen LogP) is 3.88. The molecule has 0 aliphatic heterocycles. The van der Waals surface area contributed by atoms with Gasteiger partial charge in [-0.15, -0.1) is 0 Å². The van der Waals surface area contributed by atoms with Gasteiger partial charge in [0.05, 0.1) is 10.9 Å². The van der Waals surface area contributed by atoms with Gasteiger partial charge in [0.2, 0.25) is 5.91 Å². The number of nitrogens with zero attached hydrogens (tertiary/aromatic N) is 5. The zero-order valence-corrected chi connectivity index (χ0v) is 15.7. The zero-order valence-electron chi connectivity index (χ0n) is 14.9. The van der Waals surface area contributed by atoms with E-state index < -0.39 is 0 Å². The van der Waals surface area contributed by atoms with E-state index in [4.69, 9.17) is 16.7 Å². The summed E-state index contributed by atoms with van der Waals surface area (Å²) >= 11 is 6.02. The number of fused-ring (bicyclic) bond motifs is 1. The second-order valence-corrected chi connectivity index (χ2v) is 7.35. The van der Waals surface area contributed by atoms with Gasteiger partial charge in [-0.3, -0.25) is 9.69 Å². The average molecular weight is 358 g/mol. The molecule has 3 rings (SSSR count). The molecule has 0 aliphatic carbocycles. The van der Waals surface area contributed by atoms with Crippen LogP contribution in [0.4, 0.5) is 5.82 Å². The highest BCUT2D eigenvalue weighted by molar-refractivity contribution is 6.30. The minimum Gasteiger partial charge on any atom is -0.299 e. The average Bonchev–Trinajstić information content (AvgIpc) is 2.94. The van der Waals surface area contributed by atoms with Crippen molar-refractivity contribution in [3.63, 3.8) is 0 Å². The van der Waals surface area contributed by atoms with Crippen molar-refractivity contribution in [2.75, 3.05) is 11.9 Å². The van der Waals surface area contributed by atoms with Gasteiger partial charge in [0, 0.05) is 24.6 Å². The summed E-state index contributed by atoms with van der Waals surface area (Å²) in [5, 5.41) is 6.20. The molecule has 1 amide bonds. The second-order valence-electron chi connectivity index (χ2n) is 6.91. The van der Waals surface area contributed by atoms with Gasteiger partial charge < -0.3 is 0 Å². The Morgan fingerprint density at radius 2 is 1.80 bits per heavy atom. The van der Waals surface area contributed by atoms with Crippen molar-refractivity contribution in [2.45, 2.75) is 33.2 Å². The fraction of sp³-hybridized carbons (Fsp3) is 0.333. The number of amides is 1. The summed E-state index contributed by atoms with van der Waals surface area (Å²) < 4.78 is 1.87. The molecule has 0 radical (unpaired) electrons. The highest BCUT2D eigenvalue weighted by Crippen LogP contribution is 2.35. The standard InChI is InChI=1S/C18H20ClN5O/c1-11(25)23(5)16-14-15(12-6-8-13(19)9-7-12)22-24(18(2,3)4)17(14)21-10-20-16/h6-10H,1-5H3. The summed E-state index contributed by atoms with van der Waals surface area (Å²) in [6.07, 6.45) is 1.46. The number of benzene rings is 1. The van der Waals surface area contributed by atoms with Crippen molar-refractivity contribution in [1.82, 2.24) is 19.7 Å². The Morgan fingerprint density at radius 3 is 2.36 bits per heavy atom. The number of hydrogen-bond acceptors (Lipinski definition) is 4. The maximum atomic E-state index is 11.9. The first-order valence-electron chi connectivity index (χ1n) is 7.94. The number of hydrogen-bond donors (Lipinski definition) is 0. The first kappa shape index (κ1) is 17.4. The number of halogens is 1. The molecule has 6 nitrogen and oxygen atoms in total. The van der Waals surface area contributed by atoms with Crippen LogP contribution in [0.25, 0.3) is 22.3 Å². The SMILES string of the molecule is CC(=O)N(C)c1ncnc2c1c(-c1ccc(Cl)cc1)nn2C(C)(C)C. The smallest absolute Gasteiger partial charge is 0.224 e. The van der Waals surface area contributed by atoms with Crippen LogP contribution in [0.1, 0.15) is 27.7 Å². The van der Waals surface area contributed by atoms with Gasteiger partial charge >= 0.3 is 0 Å². The van der Waals surface area contributed by atoms with E-state index in [0.29, 0.717) is 16.5 Å². The quantitative estimate of drug-likeness (QED) is 0.698. The van der Waals surface area contributed by atoms with Crippen LogP contribution in [0.3, 0.4) is 0 Å². The van der Waals surface area contributed by atoms with Gasteiger partial charge in [-0.2, -0.15) is 5.10 Å². The Hall–Kier alpha value is -2.47. The van der Waals surface area contributed by atoms with Gasteiger partial charge in [-0.25, -0.2) is 14.6 Å². The molecule has 0 fully saturated rings. The highest BCUT2D eigenvalue weighted by Gasteiger charge is 2.26. The molecule has 1 aromatic carbocycles. The van der Waals surface area contributed by atoms with Crippen LogP contribution in [0.15, 0.2) is 30.6 Å². The van der Waals surface area contributed by atoms with Crippen LogP contribution in [0.5, 0.6) is 0 Å². The Labute approximate surface area is 151 Å². The molecule has 0 saturated heterocycles. The van der Waals surface area contributed by atoms with Crippen molar-refractivity contribution in [3.8, 4) is 11.3 Å². The van der Waals surface area contributed by atoms with E-state index in [-0.39, 0.29) is 11.4 Å². The number of aromatic nitrogens is 4. The Morgan fingerprint density at radius 1 is 1.16 bits per heavy atom. The van der Waals surface area contributed by atoms with Crippen LogP contribution in [-0.4, -0.2) is 32.7 Å². The molecule has 0 aliphatic rings. The molecule has 7 heteroatoms. The molecule has 25 heavy (non-hydrogen) atoms. The maximum absolute atomic E-state index is 11.9. The molecule has 130 valence electrons. The summed E-state index contributed by atoms with van der Waals surface area (Å²) in [6, 6.07) is 7.44. The largest absolute Gasteiger partial charge is 0.299 e. The summed E-state index contributed by atoms with van der Waals surface area (Å²) in [5.74, 6) is 0.434. The third-order valence-corrected chi connectivity index (χ3v) is 4.24. The van der Waals surface area contributed by atoms with Crippen LogP contribution in [0, 0.1) is 0 Å². The molecular formula is C18H20ClN5O. The minimum absolute atomic E-state index is 0.106. The lowest BCUT2D eigenvalue weighted by atomic mass is 10.1. The summed E-state index contributed by atoms with van der Waals surface area (Å²) in [7, 11) is 1.70. The maximum Gasteiger partial charge on any atom is 0.224 e. The lowest BCUT2D eigenvalue weighted by molar-refractivity contribution is -0.116. The number of carbonyl (C=O) groups excluding carboxylic acids is 1. The van der Waals surface area contributed by atoms with Gasteiger partial charge in [-0.1, -0.05) is 23.7 Å². The second kappa shape index (κ2) is 6.11. The molecule has 2 heterocycles. The third kappa shape index (κ3) is 3.09. The number of anilines is 1. The topological polar surface area (TPSA) is 63.9 Å². The van der Waals surface area contributed by atoms with Gasteiger partial charge in [0.1, 0.15) is 17.8 Å². The Balaban J connectivity index is 2.38. The fourth-order valence-electron chi connectivity index (χ4n) is 2.62. The van der Waals surface area contributed by atoms with Crippen molar-refractivity contribution < 1.29 is 4.79 Å². The number of carbonyl (C=O) groups is 1. The Bertz CT molecular complexity index is 940. The first-order valence-corrected chi connectivity index (χ1v) is 8.32. The molecule has 0 saturated carbocycles. The normalized spacial score (nSPS) is 11.8. The van der Waals surface area contributed by atoms with Crippen molar-refractivity contribution >= 4 is 34.4 Å². The van der Waals surface area contributed by atoms with Crippen LogP contribution in [0.2, 0.25) is 5.02 Å². The first-order chi connectivity index (χ1) is 11.7. The predicted molar refractivity (Wildman–Crippen MR) is 99.8 cm³/mol. The third-order valence-electron chi connectivity index (χ3n) is 3.99.